The van der Waals surface area contributed by atoms with Gasteiger partial charge in [-0.1, -0.05) is 74.5 Å². The SMILES string of the molecule is CCC1=C(C)c2cc3[nH]c(cc4nc(cc5[nH]c(cc1n2)c(C)c5CC)C(C)=C4CCCN(Cc1ccccc1)C(=O)CN(CCN(CCN(CC(=O)O)CC(=O)O)CC(=O)O)CC(=O)O)c(CCCN(Cc1ccccc1)C(=O)CN(CCN(CCN(CC(=O)O)CC(=O)O)CC(=O)O)CC(=O)O)c3C. The third-order valence-corrected chi connectivity index (χ3v) is 18.9. The van der Waals surface area contributed by atoms with Crippen LogP contribution in [0.3, 0.4) is 0 Å². The van der Waals surface area contributed by atoms with E-state index in [0.717, 1.165) is 105 Å². The minimum absolute atomic E-state index is 0.0553. The van der Waals surface area contributed by atoms with Gasteiger partial charge in [0.1, 0.15) is 0 Å². The lowest BCUT2D eigenvalue weighted by Crippen LogP contribution is -2.47. The summed E-state index contributed by atoms with van der Waals surface area (Å²) < 4.78 is 0. The molecule has 2 aromatic carbocycles. The molecule has 570 valence electrons. The molecule has 0 radical (unpaired) electrons. The number of aryl methyl sites for hydroxylation is 4. The number of carboxylic acid groups (broad SMARTS) is 8. The molecule has 7 rings (SSSR count). The molecule has 10 N–H and O–H groups in total. The van der Waals surface area contributed by atoms with Gasteiger partial charge in [0, 0.05) is 101 Å². The van der Waals surface area contributed by atoms with Crippen LogP contribution in [0.1, 0.15) is 110 Å². The van der Waals surface area contributed by atoms with E-state index in [2.05, 4.69) is 55.9 Å². The molecule has 5 aromatic rings. The van der Waals surface area contributed by atoms with Crippen LogP contribution in [0, 0.1) is 13.8 Å². The summed E-state index contributed by atoms with van der Waals surface area (Å²) in [5.74, 6) is -10.8. The Bertz CT molecular complexity index is 4200. The van der Waals surface area contributed by atoms with Crippen molar-refractivity contribution in [3.05, 3.63) is 141 Å². The molecule has 30 heteroatoms. The Morgan fingerprint density at radius 3 is 1.02 bits per heavy atom. The summed E-state index contributed by atoms with van der Waals surface area (Å²) in [6.07, 6.45) is 3.12. The van der Waals surface area contributed by atoms with Gasteiger partial charge in [0.15, 0.2) is 0 Å². The molecule has 3 aromatic heterocycles. The number of H-pyrrole nitrogens is 2. The maximum Gasteiger partial charge on any atom is 0.317 e. The number of carboxylic acids is 8. The number of fused-ring (bicyclic) bond motifs is 8. The number of rotatable bonds is 46. The third kappa shape index (κ3) is 25.4. The zero-order valence-corrected chi connectivity index (χ0v) is 61.0. The van der Waals surface area contributed by atoms with E-state index >= 15 is 0 Å². The Balaban J connectivity index is 1.24. The first-order valence-corrected chi connectivity index (χ1v) is 35.3. The monoisotopic (exact) mass is 1470 g/mol. The molecule has 106 heavy (non-hydrogen) atoms. The first-order valence-electron chi connectivity index (χ1n) is 35.3. The number of nitrogens with one attached hydrogen (secondary N) is 2. The zero-order chi connectivity index (χ0) is 77.3. The summed E-state index contributed by atoms with van der Waals surface area (Å²) >= 11 is 0. The second-order valence-electron chi connectivity index (χ2n) is 26.7. The summed E-state index contributed by atoms with van der Waals surface area (Å²) in [6.45, 7) is 7.14. The molecule has 2 aliphatic heterocycles. The standard InChI is InChI=1S/C76H98N12O18/c1-7-55-49(3)59-33-60-51(5)57(21-15-23-87(37-53-17-11-9-12-18-53)67(89)39-83(43-71(95)96)29-25-81(41-69(91)92)27-31-85(45-73(99)100)46-74(101)102)65(79-60)36-66-58(52(6)62(80-66)35-64-56(8-2)50(4)61(78-64)34-63(55)77-59)22-16-24-88(38-54-19-13-10-14-20-54)68(90)40-84(44-72(97)98)30-26-82(42-70(93)94)28-32-86(47-75(103)104)48-76(105)106/h9-14,17-20,33-36,78-79H,7-8,15-16,21-32,37-48H2,1-6H3,(H,91,92)(H,93,94)(H,95,96)(H,97,98)(H,99,100)(H,101,102)(H,103,104)(H,105,106). The highest BCUT2D eigenvalue weighted by atomic mass is 16.4. The van der Waals surface area contributed by atoms with E-state index in [-0.39, 0.29) is 91.6 Å². The summed E-state index contributed by atoms with van der Waals surface area (Å²) in [7, 11) is 0. The van der Waals surface area contributed by atoms with Crippen LogP contribution < -0.4 is 0 Å². The molecule has 0 spiro atoms. The van der Waals surface area contributed by atoms with Crippen LogP contribution in [-0.2, 0) is 73.9 Å². The van der Waals surface area contributed by atoms with Crippen molar-refractivity contribution >= 4 is 104 Å². The van der Waals surface area contributed by atoms with Gasteiger partial charge in [0.05, 0.1) is 88.2 Å². The van der Waals surface area contributed by atoms with Gasteiger partial charge in [-0.25, -0.2) is 9.97 Å². The van der Waals surface area contributed by atoms with Crippen molar-refractivity contribution in [2.45, 2.75) is 93.2 Å². The second kappa shape index (κ2) is 40.1. The van der Waals surface area contributed by atoms with Gasteiger partial charge < -0.3 is 60.6 Å². The van der Waals surface area contributed by atoms with Crippen molar-refractivity contribution in [1.82, 2.24) is 59.1 Å². The van der Waals surface area contributed by atoms with E-state index in [1.54, 1.807) is 9.80 Å². The molecule has 2 aliphatic rings. The Morgan fingerprint density at radius 1 is 0.340 bits per heavy atom. The van der Waals surface area contributed by atoms with Crippen LogP contribution in [0.25, 0.3) is 44.4 Å². The van der Waals surface area contributed by atoms with E-state index in [0.29, 0.717) is 43.5 Å². The molecule has 8 bridgehead atoms. The number of benzene rings is 2. The Labute approximate surface area is 614 Å². The van der Waals surface area contributed by atoms with E-state index < -0.39 is 112 Å². The van der Waals surface area contributed by atoms with Gasteiger partial charge >= 0.3 is 47.8 Å². The predicted octanol–water partition coefficient (Wildman–Crippen LogP) is 6.02. The van der Waals surface area contributed by atoms with Crippen molar-refractivity contribution in [3.63, 3.8) is 0 Å². The maximum absolute atomic E-state index is 14.8. The molecule has 0 aliphatic carbocycles. The van der Waals surface area contributed by atoms with Gasteiger partial charge in [-0.05, 0) is 146 Å². The van der Waals surface area contributed by atoms with Crippen LogP contribution in [0.15, 0.2) is 84.9 Å². The summed E-state index contributed by atoms with van der Waals surface area (Å²) in [6, 6.07) is 26.9. The van der Waals surface area contributed by atoms with Crippen LogP contribution in [0.2, 0.25) is 0 Å². The fraction of sp³-hybridized carbons (Fsp3) is 0.447. The molecule has 0 unspecified atom stereocenters. The van der Waals surface area contributed by atoms with Crippen LogP contribution >= 0.6 is 0 Å². The Hall–Kier alpha value is -10.5. The molecule has 0 saturated carbocycles. The first kappa shape index (κ1) is 82.8. The van der Waals surface area contributed by atoms with Gasteiger partial charge in [-0.15, -0.1) is 0 Å². The van der Waals surface area contributed by atoms with Crippen LogP contribution in [0.5, 0.6) is 0 Å². The number of nitrogens with zero attached hydrogens (tertiary/aromatic N) is 10. The lowest BCUT2D eigenvalue weighted by atomic mass is 9.99. The highest BCUT2D eigenvalue weighted by Gasteiger charge is 2.28. The lowest BCUT2D eigenvalue weighted by Gasteiger charge is -2.29. The molecule has 30 nitrogen and oxygen atoms in total. The topological polar surface area (TPSA) is 416 Å². The summed E-state index contributed by atoms with van der Waals surface area (Å²) in [5.41, 5.74) is 15.9. The van der Waals surface area contributed by atoms with Crippen LogP contribution in [-0.4, -0.2) is 290 Å². The molecule has 2 amide bonds. The fourth-order valence-corrected chi connectivity index (χ4v) is 13.5. The maximum atomic E-state index is 14.8. The molecule has 0 saturated heterocycles. The largest absolute Gasteiger partial charge is 0.480 e. The van der Waals surface area contributed by atoms with Crippen molar-refractivity contribution < 1.29 is 88.8 Å². The minimum atomic E-state index is -1.28. The average Bonchev–Trinajstić information content (AvgIpc) is 1.62. The highest BCUT2D eigenvalue weighted by molar-refractivity contribution is 5.95. The molecular formula is C76H98N12O18. The number of hydrogen-bond donors (Lipinski definition) is 10. The smallest absolute Gasteiger partial charge is 0.317 e. The van der Waals surface area contributed by atoms with Crippen LogP contribution in [0.4, 0.5) is 0 Å². The van der Waals surface area contributed by atoms with Gasteiger partial charge in [-0.2, -0.15) is 0 Å². The summed E-state index contributed by atoms with van der Waals surface area (Å²) in [5, 5.41) is 77.5. The lowest BCUT2D eigenvalue weighted by molar-refractivity contribution is -0.144. The van der Waals surface area contributed by atoms with Gasteiger partial charge in [0.2, 0.25) is 11.8 Å². The number of aromatic amines is 2. The van der Waals surface area contributed by atoms with Crippen molar-refractivity contribution in [2.75, 3.05) is 131 Å². The molecule has 0 fully saturated rings. The van der Waals surface area contributed by atoms with Gasteiger partial charge in [0.25, 0.3) is 0 Å². The van der Waals surface area contributed by atoms with E-state index in [1.165, 1.54) is 19.6 Å². The van der Waals surface area contributed by atoms with Crippen molar-refractivity contribution in [1.29, 1.82) is 0 Å². The number of carbonyl (C=O) groups is 10. The first-order chi connectivity index (χ1) is 50.5. The second-order valence-corrected chi connectivity index (χ2v) is 26.7. The quantitative estimate of drug-likeness (QED) is 0.0213. The number of allylic oxidation sites excluding steroid dienone is 4. The Kier molecular flexibility index (Phi) is 31.3. The normalized spacial score (nSPS) is 12.3. The molecule has 0 atom stereocenters. The molecule has 5 heterocycles. The van der Waals surface area contributed by atoms with E-state index in [4.69, 9.17) is 9.97 Å². The predicted molar refractivity (Wildman–Crippen MR) is 396 cm³/mol. The highest BCUT2D eigenvalue weighted by Crippen LogP contribution is 2.37. The number of aromatic nitrogens is 4. The average molecular weight is 1470 g/mol. The third-order valence-electron chi connectivity index (χ3n) is 18.9. The zero-order valence-electron chi connectivity index (χ0n) is 61.0. The number of hydrogen-bond acceptors (Lipinski definition) is 18. The molecular weight excluding hydrogens is 1370 g/mol. The van der Waals surface area contributed by atoms with Crippen molar-refractivity contribution in [3.8, 4) is 0 Å². The number of aliphatic carboxylic acids is 8. The number of carbonyl (C=O) groups excluding carboxylic acids is 2. The van der Waals surface area contributed by atoms with Crippen molar-refractivity contribution in [2.24, 2.45) is 0 Å². The fourth-order valence-electron chi connectivity index (χ4n) is 13.5. The van der Waals surface area contributed by atoms with E-state index in [9.17, 15) is 88.8 Å². The number of amides is 2. The summed E-state index contributed by atoms with van der Waals surface area (Å²) in [4.78, 5) is 154. The Morgan fingerprint density at radius 2 is 0.642 bits per heavy atom. The minimum Gasteiger partial charge on any atom is -0.480 e. The van der Waals surface area contributed by atoms with E-state index in [1.807, 2.05) is 80.6 Å². The van der Waals surface area contributed by atoms with Gasteiger partial charge in [-0.3, -0.25) is 77.3 Å².